The maximum absolute atomic E-state index is 13.4. The highest BCUT2D eigenvalue weighted by Crippen LogP contribution is 2.36. The number of halogens is 3. The lowest BCUT2D eigenvalue weighted by Gasteiger charge is -2.20. The molecule has 1 aromatic carbocycles. The van der Waals surface area contributed by atoms with E-state index >= 15 is 0 Å². The van der Waals surface area contributed by atoms with Crippen LogP contribution in [0.3, 0.4) is 0 Å². The van der Waals surface area contributed by atoms with Crippen LogP contribution in [0, 0.1) is 6.92 Å². The molecule has 0 saturated carbocycles. The number of carbonyl (C=O) groups excluding carboxylic acids is 1. The molecule has 34 heavy (non-hydrogen) atoms. The van der Waals surface area contributed by atoms with E-state index in [4.69, 9.17) is 4.74 Å². The molecule has 6 nitrogen and oxygen atoms in total. The lowest BCUT2D eigenvalue weighted by molar-refractivity contribution is -0.138. The van der Waals surface area contributed by atoms with Crippen LogP contribution in [0.2, 0.25) is 0 Å². The summed E-state index contributed by atoms with van der Waals surface area (Å²) in [6, 6.07) is 7.47. The molecule has 0 atom stereocenters. The van der Waals surface area contributed by atoms with Gasteiger partial charge in [0, 0.05) is 49.4 Å². The maximum Gasteiger partial charge on any atom is 0.419 e. The molecular formula is C25H25F3N4O2. The third kappa shape index (κ3) is 5.13. The van der Waals surface area contributed by atoms with Crippen molar-refractivity contribution < 1.29 is 22.7 Å². The van der Waals surface area contributed by atoms with Gasteiger partial charge in [0.1, 0.15) is 11.6 Å². The maximum atomic E-state index is 13.4. The Hall–Kier alpha value is -3.62. The van der Waals surface area contributed by atoms with Gasteiger partial charge in [0.15, 0.2) is 0 Å². The minimum absolute atomic E-state index is 0.0679. The number of carbonyl (C=O) groups is 1. The smallest absolute Gasteiger partial charge is 0.419 e. The van der Waals surface area contributed by atoms with Gasteiger partial charge in [-0.1, -0.05) is 6.07 Å². The molecule has 0 spiro atoms. The molecule has 3 aromatic rings. The normalized spacial score (nSPS) is 13.7. The van der Waals surface area contributed by atoms with Crippen molar-refractivity contribution in [3.8, 4) is 16.9 Å². The Balaban J connectivity index is 1.62. The molecule has 0 aliphatic carbocycles. The first-order chi connectivity index (χ1) is 16.3. The van der Waals surface area contributed by atoms with E-state index in [1.165, 1.54) is 19.2 Å². The summed E-state index contributed by atoms with van der Waals surface area (Å²) >= 11 is 0. The van der Waals surface area contributed by atoms with Crippen molar-refractivity contribution in [1.82, 2.24) is 15.3 Å². The molecule has 4 rings (SSSR count). The summed E-state index contributed by atoms with van der Waals surface area (Å²) in [6.45, 7) is 3.46. The Kier molecular flexibility index (Phi) is 6.72. The number of pyridine rings is 2. The molecule has 1 saturated heterocycles. The van der Waals surface area contributed by atoms with E-state index in [0.717, 1.165) is 48.7 Å². The molecule has 0 unspecified atom stereocenters. The van der Waals surface area contributed by atoms with Crippen LogP contribution in [0.25, 0.3) is 11.1 Å². The summed E-state index contributed by atoms with van der Waals surface area (Å²) < 4.78 is 44.9. The standard InChI is InChI=1S/C25H25F3N4O2/c1-16-9-18(14-29-12-16)19-11-20(23(30-15-19)32-7-3-4-8-32)24(33)31-13-17-5-6-22(34-2)21(10-17)25(26,27)28/h5-6,9-12,14-15H,3-4,7-8,13H2,1-2H3,(H,31,33). The number of methoxy groups -OCH3 is 1. The topological polar surface area (TPSA) is 67.3 Å². The molecule has 1 aliphatic heterocycles. The van der Waals surface area contributed by atoms with Crippen molar-refractivity contribution in [1.29, 1.82) is 0 Å². The highest BCUT2D eigenvalue weighted by atomic mass is 19.4. The predicted octanol–water partition coefficient (Wildman–Crippen LogP) is 5.01. The molecule has 1 amide bonds. The molecule has 178 valence electrons. The van der Waals surface area contributed by atoms with Crippen molar-refractivity contribution in [3.63, 3.8) is 0 Å². The number of hydrogen-bond donors (Lipinski definition) is 1. The van der Waals surface area contributed by atoms with E-state index in [2.05, 4.69) is 20.2 Å². The van der Waals surface area contributed by atoms with Gasteiger partial charge < -0.3 is 15.0 Å². The monoisotopic (exact) mass is 470 g/mol. The number of ether oxygens (including phenoxy) is 1. The second kappa shape index (κ2) is 9.70. The van der Waals surface area contributed by atoms with E-state index in [0.29, 0.717) is 16.9 Å². The third-order valence-corrected chi connectivity index (χ3v) is 5.75. The van der Waals surface area contributed by atoms with Crippen LogP contribution < -0.4 is 15.0 Å². The number of amides is 1. The van der Waals surface area contributed by atoms with Crippen molar-refractivity contribution in [2.45, 2.75) is 32.5 Å². The molecule has 2 aromatic heterocycles. The van der Waals surface area contributed by atoms with E-state index in [9.17, 15) is 18.0 Å². The van der Waals surface area contributed by atoms with Gasteiger partial charge >= 0.3 is 6.18 Å². The molecule has 3 heterocycles. The fourth-order valence-corrected chi connectivity index (χ4v) is 4.04. The van der Waals surface area contributed by atoms with E-state index in [1.54, 1.807) is 24.7 Å². The molecule has 1 aliphatic rings. The molecular weight excluding hydrogens is 445 g/mol. The van der Waals surface area contributed by atoms with Gasteiger partial charge in [-0.2, -0.15) is 13.2 Å². The van der Waals surface area contributed by atoms with Gasteiger partial charge in [-0.25, -0.2) is 4.98 Å². The third-order valence-electron chi connectivity index (χ3n) is 5.75. The first-order valence-corrected chi connectivity index (χ1v) is 11.0. The van der Waals surface area contributed by atoms with E-state index < -0.39 is 17.6 Å². The van der Waals surface area contributed by atoms with Crippen LogP contribution in [-0.4, -0.2) is 36.1 Å². The molecule has 0 radical (unpaired) electrons. The summed E-state index contributed by atoms with van der Waals surface area (Å²) in [6.07, 6.45) is 2.63. The summed E-state index contributed by atoms with van der Waals surface area (Å²) in [5.41, 5.74) is 2.37. The minimum Gasteiger partial charge on any atom is -0.496 e. The van der Waals surface area contributed by atoms with Crippen LogP contribution >= 0.6 is 0 Å². The van der Waals surface area contributed by atoms with Crippen molar-refractivity contribution in [3.05, 3.63) is 71.2 Å². The van der Waals surface area contributed by atoms with Crippen LogP contribution in [0.4, 0.5) is 19.0 Å². The zero-order valence-electron chi connectivity index (χ0n) is 18.9. The average molecular weight is 470 g/mol. The van der Waals surface area contributed by atoms with Gasteiger partial charge in [-0.3, -0.25) is 9.78 Å². The summed E-state index contributed by atoms with van der Waals surface area (Å²) in [7, 11) is 1.19. The highest BCUT2D eigenvalue weighted by molar-refractivity contribution is 6.00. The number of hydrogen-bond acceptors (Lipinski definition) is 5. The molecule has 0 bridgehead atoms. The van der Waals surface area contributed by atoms with E-state index in [-0.39, 0.29) is 12.3 Å². The summed E-state index contributed by atoms with van der Waals surface area (Å²) in [5.74, 6) is -0.0890. The van der Waals surface area contributed by atoms with Crippen LogP contribution in [0.1, 0.15) is 39.9 Å². The number of aryl methyl sites for hydroxylation is 1. The zero-order chi connectivity index (χ0) is 24.3. The van der Waals surface area contributed by atoms with Gasteiger partial charge in [0.05, 0.1) is 18.2 Å². The van der Waals surface area contributed by atoms with Crippen molar-refractivity contribution in [2.24, 2.45) is 0 Å². The average Bonchev–Trinajstić information content (AvgIpc) is 3.36. The fourth-order valence-electron chi connectivity index (χ4n) is 4.04. The number of rotatable bonds is 6. The summed E-state index contributed by atoms with van der Waals surface area (Å²) in [5, 5.41) is 2.76. The van der Waals surface area contributed by atoms with Crippen LogP contribution in [-0.2, 0) is 12.7 Å². The van der Waals surface area contributed by atoms with Crippen molar-refractivity contribution >= 4 is 11.7 Å². The number of nitrogens with zero attached hydrogens (tertiary/aromatic N) is 3. The van der Waals surface area contributed by atoms with Gasteiger partial charge in [-0.05, 0) is 55.2 Å². The lowest BCUT2D eigenvalue weighted by atomic mass is 10.0. The zero-order valence-corrected chi connectivity index (χ0v) is 18.9. The second-order valence-corrected chi connectivity index (χ2v) is 8.26. The number of nitrogens with one attached hydrogen (secondary N) is 1. The Morgan fingerprint density at radius 1 is 1.09 bits per heavy atom. The van der Waals surface area contributed by atoms with Gasteiger partial charge in [0.2, 0.25) is 0 Å². The van der Waals surface area contributed by atoms with Gasteiger partial charge in [0.25, 0.3) is 5.91 Å². The first-order valence-electron chi connectivity index (χ1n) is 11.0. The molecule has 1 N–H and O–H groups in total. The van der Waals surface area contributed by atoms with Gasteiger partial charge in [-0.15, -0.1) is 0 Å². The Morgan fingerprint density at radius 3 is 2.50 bits per heavy atom. The largest absolute Gasteiger partial charge is 0.496 e. The lowest BCUT2D eigenvalue weighted by Crippen LogP contribution is -2.28. The second-order valence-electron chi connectivity index (χ2n) is 8.26. The number of anilines is 1. The first kappa shape index (κ1) is 23.5. The minimum atomic E-state index is -4.56. The Labute approximate surface area is 195 Å². The SMILES string of the molecule is COc1ccc(CNC(=O)c2cc(-c3cncc(C)c3)cnc2N2CCCC2)cc1C(F)(F)F. The van der Waals surface area contributed by atoms with E-state index in [1.807, 2.05) is 13.0 Å². The Morgan fingerprint density at radius 2 is 1.82 bits per heavy atom. The molecule has 9 heteroatoms. The fraction of sp³-hybridized carbons (Fsp3) is 0.320. The number of alkyl halides is 3. The van der Waals surface area contributed by atoms with Crippen LogP contribution in [0.15, 0.2) is 48.9 Å². The number of aromatic nitrogens is 2. The van der Waals surface area contributed by atoms with Crippen LogP contribution in [0.5, 0.6) is 5.75 Å². The quantitative estimate of drug-likeness (QED) is 0.549. The summed E-state index contributed by atoms with van der Waals surface area (Å²) in [4.78, 5) is 24.1. The molecule has 1 fully saturated rings. The predicted molar refractivity (Wildman–Crippen MR) is 123 cm³/mol. The highest BCUT2D eigenvalue weighted by Gasteiger charge is 2.34. The Bertz CT molecular complexity index is 1190. The number of benzene rings is 1. The van der Waals surface area contributed by atoms with Crippen molar-refractivity contribution in [2.75, 3.05) is 25.1 Å².